The molecule has 0 aliphatic heterocycles. The lowest BCUT2D eigenvalue weighted by atomic mass is 10.1. The van der Waals surface area contributed by atoms with E-state index in [4.69, 9.17) is 0 Å². The maximum Gasteiger partial charge on any atom is 0.312 e. The van der Waals surface area contributed by atoms with Crippen molar-refractivity contribution in [3.63, 3.8) is 0 Å². The largest absolute Gasteiger partial charge is 0.469 e. The second-order valence-electron chi connectivity index (χ2n) is 3.84. The van der Waals surface area contributed by atoms with Crippen LogP contribution in [0.3, 0.4) is 0 Å². The van der Waals surface area contributed by atoms with Gasteiger partial charge in [0.15, 0.2) is 0 Å². The summed E-state index contributed by atoms with van der Waals surface area (Å²) >= 11 is 0. The number of ether oxygens (including phenoxy) is 1. The fourth-order valence-electron chi connectivity index (χ4n) is 1.87. The smallest absolute Gasteiger partial charge is 0.312 e. The molecule has 0 bridgehead atoms. The quantitative estimate of drug-likeness (QED) is 0.618. The van der Waals surface area contributed by atoms with Crippen molar-refractivity contribution in [2.45, 2.75) is 20.8 Å². The van der Waals surface area contributed by atoms with Gasteiger partial charge in [0.1, 0.15) is 0 Å². The number of rotatable bonds is 2. The standard InChI is InChI=1S/C10H15FO2/c1-6(11)5-8-7(2)10(8,3)9(12)13-4/h5,7-8H,1-4H3. The third-order valence-corrected chi connectivity index (χ3v) is 3.10. The number of halogens is 1. The molecule has 3 atom stereocenters. The lowest BCUT2D eigenvalue weighted by Crippen LogP contribution is -2.16. The first-order valence-electron chi connectivity index (χ1n) is 4.37. The van der Waals surface area contributed by atoms with Crippen LogP contribution in [0.25, 0.3) is 0 Å². The first kappa shape index (κ1) is 10.2. The van der Waals surface area contributed by atoms with Crippen LogP contribution in [0.2, 0.25) is 0 Å². The summed E-state index contributed by atoms with van der Waals surface area (Å²) in [5.41, 5.74) is -0.512. The average molecular weight is 186 g/mol. The van der Waals surface area contributed by atoms with Crippen molar-refractivity contribution in [1.29, 1.82) is 0 Å². The fraction of sp³-hybridized carbons (Fsp3) is 0.700. The average Bonchev–Trinajstić information content (AvgIpc) is 2.57. The van der Waals surface area contributed by atoms with E-state index in [1.165, 1.54) is 20.1 Å². The van der Waals surface area contributed by atoms with Crippen molar-refractivity contribution in [2.75, 3.05) is 7.11 Å². The van der Waals surface area contributed by atoms with Crippen LogP contribution in [0.15, 0.2) is 11.9 Å². The number of methoxy groups -OCH3 is 1. The number of hydrogen-bond donors (Lipinski definition) is 0. The third-order valence-electron chi connectivity index (χ3n) is 3.10. The first-order chi connectivity index (χ1) is 5.94. The molecule has 0 aromatic heterocycles. The van der Waals surface area contributed by atoms with Crippen molar-refractivity contribution in [3.05, 3.63) is 11.9 Å². The normalized spacial score (nSPS) is 38.7. The summed E-state index contributed by atoms with van der Waals surface area (Å²) in [6.45, 7) is 5.14. The molecule has 0 saturated heterocycles. The number of hydrogen-bond acceptors (Lipinski definition) is 2. The van der Waals surface area contributed by atoms with E-state index in [1.807, 2.05) is 13.8 Å². The molecule has 0 aromatic carbocycles. The zero-order valence-corrected chi connectivity index (χ0v) is 8.43. The van der Waals surface area contributed by atoms with E-state index in [0.717, 1.165) is 0 Å². The van der Waals surface area contributed by atoms with Gasteiger partial charge in [-0.05, 0) is 31.8 Å². The highest BCUT2D eigenvalue weighted by molar-refractivity contribution is 5.81. The topological polar surface area (TPSA) is 26.3 Å². The van der Waals surface area contributed by atoms with Gasteiger partial charge in [-0.25, -0.2) is 4.39 Å². The third kappa shape index (κ3) is 1.47. The van der Waals surface area contributed by atoms with Crippen LogP contribution in [0.1, 0.15) is 20.8 Å². The predicted molar refractivity (Wildman–Crippen MR) is 47.6 cm³/mol. The Morgan fingerprint density at radius 1 is 1.62 bits per heavy atom. The van der Waals surface area contributed by atoms with Gasteiger partial charge >= 0.3 is 5.97 Å². The Kier molecular flexibility index (Phi) is 2.46. The van der Waals surface area contributed by atoms with Crippen LogP contribution in [-0.4, -0.2) is 13.1 Å². The van der Waals surface area contributed by atoms with Gasteiger partial charge in [0, 0.05) is 0 Å². The lowest BCUT2D eigenvalue weighted by molar-refractivity contribution is -0.147. The Morgan fingerprint density at radius 2 is 2.15 bits per heavy atom. The van der Waals surface area contributed by atoms with Gasteiger partial charge in [0.05, 0.1) is 18.4 Å². The summed E-state index contributed by atoms with van der Waals surface area (Å²) in [6.07, 6.45) is 1.50. The molecule has 13 heavy (non-hydrogen) atoms. The maximum absolute atomic E-state index is 12.6. The molecule has 1 aliphatic carbocycles. The fourth-order valence-corrected chi connectivity index (χ4v) is 1.87. The molecule has 1 fully saturated rings. The summed E-state index contributed by atoms with van der Waals surface area (Å²) < 4.78 is 17.3. The monoisotopic (exact) mass is 186 g/mol. The molecule has 0 aromatic rings. The number of allylic oxidation sites excluding steroid dienone is 2. The predicted octanol–water partition coefficient (Wildman–Crippen LogP) is 2.30. The minimum atomic E-state index is -0.512. The summed E-state index contributed by atoms with van der Waals surface area (Å²) in [4.78, 5) is 11.3. The van der Waals surface area contributed by atoms with Crippen molar-refractivity contribution in [1.82, 2.24) is 0 Å². The summed E-state index contributed by atoms with van der Waals surface area (Å²) in [7, 11) is 1.36. The summed E-state index contributed by atoms with van der Waals surface area (Å²) in [6, 6.07) is 0. The summed E-state index contributed by atoms with van der Waals surface area (Å²) in [5, 5.41) is 0. The Morgan fingerprint density at radius 3 is 2.54 bits per heavy atom. The van der Waals surface area contributed by atoms with Gasteiger partial charge < -0.3 is 4.74 Å². The molecule has 2 nitrogen and oxygen atoms in total. The van der Waals surface area contributed by atoms with E-state index in [1.54, 1.807) is 0 Å². The van der Waals surface area contributed by atoms with Crippen LogP contribution >= 0.6 is 0 Å². The molecular formula is C10H15FO2. The maximum atomic E-state index is 12.6. The van der Waals surface area contributed by atoms with E-state index in [0.29, 0.717) is 0 Å². The minimum absolute atomic E-state index is 0.00931. The molecule has 74 valence electrons. The highest BCUT2D eigenvalue weighted by Crippen LogP contribution is 2.60. The Bertz CT molecular complexity index is 256. The molecule has 3 heteroatoms. The highest BCUT2D eigenvalue weighted by atomic mass is 19.1. The molecule has 1 aliphatic rings. The van der Waals surface area contributed by atoms with Gasteiger partial charge in [-0.15, -0.1) is 0 Å². The zero-order chi connectivity index (χ0) is 10.2. The second kappa shape index (κ2) is 3.13. The molecule has 0 heterocycles. The molecule has 0 N–H and O–H groups in total. The van der Waals surface area contributed by atoms with E-state index >= 15 is 0 Å². The number of esters is 1. The second-order valence-corrected chi connectivity index (χ2v) is 3.84. The Labute approximate surface area is 77.8 Å². The van der Waals surface area contributed by atoms with Gasteiger partial charge in [0.2, 0.25) is 0 Å². The number of carbonyl (C=O) groups is 1. The van der Waals surface area contributed by atoms with Crippen molar-refractivity contribution in [3.8, 4) is 0 Å². The Hall–Kier alpha value is -0.860. The molecule has 0 spiro atoms. The van der Waals surface area contributed by atoms with Crippen molar-refractivity contribution < 1.29 is 13.9 Å². The summed E-state index contributed by atoms with van der Waals surface area (Å²) in [5.74, 6) is -0.317. The minimum Gasteiger partial charge on any atom is -0.469 e. The van der Waals surface area contributed by atoms with Crippen LogP contribution < -0.4 is 0 Å². The molecule has 3 unspecified atom stereocenters. The van der Waals surface area contributed by atoms with E-state index in [-0.39, 0.29) is 23.6 Å². The SMILES string of the molecule is COC(=O)C1(C)C(C)C1C=C(C)F. The molecule has 1 rings (SSSR count). The van der Waals surface area contributed by atoms with Crippen LogP contribution in [0, 0.1) is 17.3 Å². The lowest BCUT2D eigenvalue weighted by Gasteiger charge is -2.06. The van der Waals surface area contributed by atoms with Gasteiger partial charge in [0.25, 0.3) is 0 Å². The van der Waals surface area contributed by atoms with E-state index < -0.39 is 5.41 Å². The molecule has 0 radical (unpaired) electrons. The molecular weight excluding hydrogens is 171 g/mol. The Balaban J connectivity index is 2.76. The number of carbonyl (C=O) groups excluding carboxylic acids is 1. The van der Waals surface area contributed by atoms with Crippen molar-refractivity contribution in [2.24, 2.45) is 17.3 Å². The molecule has 1 saturated carbocycles. The van der Waals surface area contributed by atoms with Crippen LogP contribution in [0.5, 0.6) is 0 Å². The van der Waals surface area contributed by atoms with Crippen molar-refractivity contribution >= 4 is 5.97 Å². The van der Waals surface area contributed by atoms with E-state index in [2.05, 4.69) is 4.74 Å². The van der Waals surface area contributed by atoms with Gasteiger partial charge in [-0.1, -0.05) is 6.92 Å². The highest BCUT2D eigenvalue weighted by Gasteiger charge is 2.63. The zero-order valence-electron chi connectivity index (χ0n) is 8.43. The first-order valence-corrected chi connectivity index (χ1v) is 4.37. The van der Waals surface area contributed by atoms with Crippen LogP contribution in [-0.2, 0) is 9.53 Å². The van der Waals surface area contributed by atoms with E-state index in [9.17, 15) is 9.18 Å². The van der Waals surface area contributed by atoms with Gasteiger partial charge in [-0.3, -0.25) is 4.79 Å². The van der Waals surface area contributed by atoms with Crippen LogP contribution in [0.4, 0.5) is 4.39 Å². The molecule has 0 amide bonds. The van der Waals surface area contributed by atoms with Gasteiger partial charge in [-0.2, -0.15) is 0 Å².